The summed E-state index contributed by atoms with van der Waals surface area (Å²) >= 11 is 0. The van der Waals surface area contributed by atoms with E-state index >= 15 is 0 Å². The van der Waals surface area contributed by atoms with Gasteiger partial charge in [-0.15, -0.1) is 0 Å². The summed E-state index contributed by atoms with van der Waals surface area (Å²) in [5.41, 5.74) is 0. The maximum Gasteiger partial charge on any atom is 0.396 e. The average molecular weight is 199 g/mol. The third-order valence-electron chi connectivity index (χ3n) is 1.41. The number of nitrogens with one attached hydrogen (secondary N) is 1. The van der Waals surface area contributed by atoms with Crippen molar-refractivity contribution >= 4 is 11.9 Å². The first kappa shape index (κ1) is 10.2. The molecule has 0 unspecified atom stereocenters. The highest BCUT2D eigenvalue weighted by Gasteiger charge is 2.12. The lowest BCUT2D eigenvalue weighted by molar-refractivity contribution is -0.152. The SMILES string of the molecule is COC(=O)C(=O)NCCc1ncon1. The Bertz CT molecular complexity index is 309. The molecule has 0 atom stereocenters. The Kier molecular flexibility index (Phi) is 3.59. The third-order valence-corrected chi connectivity index (χ3v) is 1.41. The second-order valence-electron chi connectivity index (χ2n) is 2.34. The van der Waals surface area contributed by atoms with Crippen LogP contribution in [0.3, 0.4) is 0 Å². The van der Waals surface area contributed by atoms with E-state index in [4.69, 9.17) is 0 Å². The number of hydrogen-bond acceptors (Lipinski definition) is 6. The molecule has 0 aliphatic heterocycles. The lowest BCUT2D eigenvalue weighted by Gasteiger charge is -2.00. The van der Waals surface area contributed by atoms with Gasteiger partial charge >= 0.3 is 11.9 Å². The molecule has 14 heavy (non-hydrogen) atoms. The summed E-state index contributed by atoms with van der Waals surface area (Å²) in [6, 6.07) is 0. The Morgan fingerprint density at radius 3 is 3.00 bits per heavy atom. The van der Waals surface area contributed by atoms with Crippen molar-refractivity contribution in [1.29, 1.82) is 0 Å². The molecule has 0 aromatic carbocycles. The molecule has 0 aliphatic rings. The Hall–Kier alpha value is -1.92. The molecule has 7 nitrogen and oxygen atoms in total. The minimum absolute atomic E-state index is 0.257. The summed E-state index contributed by atoms with van der Waals surface area (Å²) in [5, 5.41) is 5.86. The van der Waals surface area contributed by atoms with Crippen molar-refractivity contribution in [2.75, 3.05) is 13.7 Å². The van der Waals surface area contributed by atoms with Crippen molar-refractivity contribution in [3.63, 3.8) is 0 Å². The zero-order valence-corrected chi connectivity index (χ0v) is 7.52. The number of amides is 1. The number of carbonyl (C=O) groups excluding carboxylic acids is 2. The molecule has 0 spiro atoms. The highest BCUT2D eigenvalue weighted by molar-refractivity contribution is 6.32. The van der Waals surface area contributed by atoms with E-state index < -0.39 is 11.9 Å². The van der Waals surface area contributed by atoms with Crippen LogP contribution in [0.2, 0.25) is 0 Å². The fourth-order valence-electron chi connectivity index (χ4n) is 0.755. The molecule has 7 heteroatoms. The number of ether oxygens (including phenoxy) is 1. The normalized spacial score (nSPS) is 9.50. The number of methoxy groups -OCH3 is 1. The van der Waals surface area contributed by atoms with Crippen molar-refractivity contribution in [2.45, 2.75) is 6.42 Å². The number of esters is 1. The standard InChI is InChI=1S/C7H9N3O4/c1-13-7(12)6(11)8-3-2-5-9-4-14-10-5/h4H,2-3H2,1H3,(H,8,11). The Morgan fingerprint density at radius 2 is 2.43 bits per heavy atom. The minimum Gasteiger partial charge on any atom is -0.462 e. The predicted molar refractivity (Wildman–Crippen MR) is 43.0 cm³/mol. The van der Waals surface area contributed by atoms with Gasteiger partial charge in [0.1, 0.15) is 0 Å². The van der Waals surface area contributed by atoms with Crippen LogP contribution in [-0.2, 0) is 20.7 Å². The summed E-state index contributed by atoms with van der Waals surface area (Å²) < 4.78 is 8.67. The van der Waals surface area contributed by atoms with Crippen LogP contribution < -0.4 is 5.32 Å². The van der Waals surface area contributed by atoms with E-state index in [2.05, 4.69) is 24.7 Å². The summed E-state index contributed by atoms with van der Waals surface area (Å²) in [7, 11) is 1.14. The van der Waals surface area contributed by atoms with Gasteiger partial charge in [0.05, 0.1) is 7.11 Å². The van der Waals surface area contributed by atoms with E-state index in [1.165, 1.54) is 6.39 Å². The van der Waals surface area contributed by atoms with Crippen LogP contribution in [-0.4, -0.2) is 35.7 Å². The molecular weight excluding hydrogens is 190 g/mol. The van der Waals surface area contributed by atoms with Crippen LogP contribution in [0, 0.1) is 0 Å². The lowest BCUT2D eigenvalue weighted by atomic mass is 10.4. The zero-order chi connectivity index (χ0) is 10.4. The number of rotatable bonds is 3. The Balaban J connectivity index is 2.22. The smallest absolute Gasteiger partial charge is 0.396 e. The van der Waals surface area contributed by atoms with Gasteiger partial charge in [0.2, 0.25) is 6.39 Å². The van der Waals surface area contributed by atoms with Gasteiger partial charge in [-0.2, -0.15) is 4.98 Å². The van der Waals surface area contributed by atoms with E-state index in [1.807, 2.05) is 0 Å². The lowest BCUT2D eigenvalue weighted by Crippen LogP contribution is -2.33. The van der Waals surface area contributed by atoms with E-state index in [1.54, 1.807) is 0 Å². The molecule has 0 saturated carbocycles. The Morgan fingerprint density at radius 1 is 1.64 bits per heavy atom. The van der Waals surface area contributed by atoms with Gasteiger partial charge in [-0.05, 0) is 0 Å². The van der Waals surface area contributed by atoms with Crippen molar-refractivity contribution in [2.24, 2.45) is 0 Å². The van der Waals surface area contributed by atoms with Gasteiger partial charge in [0.25, 0.3) is 0 Å². The zero-order valence-electron chi connectivity index (χ0n) is 7.52. The molecule has 1 aromatic rings. The first-order valence-electron chi connectivity index (χ1n) is 3.85. The first-order chi connectivity index (χ1) is 6.74. The fraction of sp³-hybridized carbons (Fsp3) is 0.429. The first-order valence-corrected chi connectivity index (χ1v) is 3.85. The van der Waals surface area contributed by atoms with Crippen LogP contribution in [0.15, 0.2) is 10.9 Å². The van der Waals surface area contributed by atoms with Crippen LogP contribution in [0.4, 0.5) is 0 Å². The molecule has 0 saturated heterocycles. The highest BCUT2D eigenvalue weighted by Crippen LogP contribution is 1.87. The van der Waals surface area contributed by atoms with E-state index in [-0.39, 0.29) is 6.54 Å². The van der Waals surface area contributed by atoms with Crippen molar-refractivity contribution in [3.05, 3.63) is 12.2 Å². The average Bonchev–Trinajstić information content (AvgIpc) is 2.69. The molecule has 76 valence electrons. The molecule has 1 rings (SSSR count). The van der Waals surface area contributed by atoms with Gasteiger partial charge in [-0.3, -0.25) is 4.79 Å². The summed E-state index contributed by atoms with van der Waals surface area (Å²) in [5.74, 6) is -1.23. The number of aromatic nitrogens is 2. The van der Waals surface area contributed by atoms with Crippen LogP contribution in [0.1, 0.15) is 5.82 Å². The maximum absolute atomic E-state index is 10.9. The number of carbonyl (C=O) groups is 2. The molecule has 0 radical (unpaired) electrons. The number of hydrogen-bond donors (Lipinski definition) is 1. The quantitative estimate of drug-likeness (QED) is 0.490. The fourth-order valence-corrected chi connectivity index (χ4v) is 0.755. The van der Waals surface area contributed by atoms with Gasteiger partial charge in [-0.1, -0.05) is 5.16 Å². The molecular formula is C7H9N3O4. The second-order valence-corrected chi connectivity index (χ2v) is 2.34. The monoisotopic (exact) mass is 199 g/mol. The van der Waals surface area contributed by atoms with Crippen molar-refractivity contribution < 1.29 is 18.8 Å². The maximum atomic E-state index is 10.9. The summed E-state index contributed by atoms with van der Waals surface area (Å²) in [4.78, 5) is 25.2. The van der Waals surface area contributed by atoms with Crippen molar-refractivity contribution in [1.82, 2.24) is 15.5 Å². The van der Waals surface area contributed by atoms with E-state index in [0.29, 0.717) is 12.2 Å². The molecule has 0 bridgehead atoms. The predicted octanol–water partition coefficient (Wildman–Crippen LogP) is -1.10. The van der Waals surface area contributed by atoms with E-state index in [0.717, 1.165) is 7.11 Å². The molecule has 1 amide bonds. The molecule has 1 aromatic heterocycles. The number of nitrogens with zero attached hydrogens (tertiary/aromatic N) is 2. The second kappa shape index (κ2) is 4.95. The molecule has 0 aliphatic carbocycles. The Labute approximate surface area is 79.4 Å². The van der Waals surface area contributed by atoms with E-state index in [9.17, 15) is 9.59 Å². The van der Waals surface area contributed by atoms with Gasteiger partial charge in [0.15, 0.2) is 5.82 Å². The van der Waals surface area contributed by atoms with Crippen LogP contribution in [0.5, 0.6) is 0 Å². The summed E-state index contributed by atoms with van der Waals surface area (Å²) in [6.45, 7) is 0.257. The molecule has 0 fully saturated rings. The largest absolute Gasteiger partial charge is 0.462 e. The van der Waals surface area contributed by atoms with Gasteiger partial charge in [0, 0.05) is 13.0 Å². The summed E-state index contributed by atoms with van der Waals surface area (Å²) in [6.07, 6.45) is 1.59. The van der Waals surface area contributed by atoms with Crippen LogP contribution in [0.25, 0.3) is 0 Å². The third kappa shape index (κ3) is 2.85. The highest BCUT2D eigenvalue weighted by atomic mass is 16.5. The van der Waals surface area contributed by atoms with Gasteiger partial charge in [-0.25, -0.2) is 4.79 Å². The van der Waals surface area contributed by atoms with Crippen LogP contribution >= 0.6 is 0 Å². The minimum atomic E-state index is -0.918. The topological polar surface area (TPSA) is 94.3 Å². The van der Waals surface area contributed by atoms with Crippen molar-refractivity contribution in [3.8, 4) is 0 Å². The molecule has 1 N–H and O–H groups in total. The molecule has 1 heterocycles. The van der Waals surface area contributed by atoms with Gasteiger partial charge < -0.3 is 14.6 Å².